The molecule has 27 heavy (non-hydrogen) atoms. The van der Waals surface area contributed by atoms with Crippen LogP contribution in [0.15, 0.2) is 48.5 Å². The third-order valence-corrected chi connectivity index (χ3v) is 4.08. The zero-order valence-electron chi connectivity index (χ0n) is 15.2. The van der Waals surface area contributed by atoms with Gasteiger partial charge in [0.25, 0.3) is 5.91 Å². The number of nitrogens with one attached hydrogen (secondary N) is 2. The minimum absolute atomic E-state index is 0.0191. The van der Waals surface area contributed by atoms with Gasteiger partial charge in [0, 0.05) is 11.3 Å². The molecule has 0 aromatic heterocycles. The van der Waals surface area contributed by atoms with E-state index in [1.54, 1.807) is 45.0 Å². The summed E-state index contributed by atoms with van der Waals surface area (Å²) >= 11 is 0. The van der Waals surface area contributed by atoms with Crippen molar-refractivity contribution in [1.82, 2.24) is 5.32 Å². The Labute approximate surface area is 155 Å². The van der Waals surface area contributed by atoms with Crippen LogP contribution in [-0.2, 0) is 11.0 Å². The molecule has 7 heteroatoms. The van der Waals surface area contributed by atoms with Crippen molar-refractivity contribution in [1.29, 1.82) is 0 Å². The molecule has 0 aliphatic carbocycles. The molecule has 0 saturated carbocycles. The molecule has 2 rings (SSSR count). The Hall–Kier alpha value is -2.83. The molecule has 0 bridgehead atoms. The van der Waals surface area contributed by atoms with Crippen molar-refractivity contribution in [3.8, 4) is 0 Å². The first-order chi connectivity index (χ1) is 12.6. The standard InChI is InChI=1S/C20H21F3N2O2/c1-12(2)17(25-18(26)16-10-5-4-7-13(16)3)19(27)24-15-9-6-8-14(11-15)20(21,22)23/h4-12,17H,1-3H3,(H,24,27)(H,25,26)/t17-/m0/s1. The number of hydrogen-bond donors (Lipinski definition) is 2. The maximum Gasteiger partial charge on any atom is 0.416 e. The predicted octanol–water partition coefficient (Wildman–Crippen LogP) is 4.41. The van der Waals surface area contributed by atoms with Crippen LogP contribution in [0.5, 0.6) is 0 Å². The van der Waals surface area contributed by atoms with Crippen LogP contribution in [0.3, 0.4) is 0 Å². The Balaban J connectivity index is 2.16. The molecule has 0 radical (unpaired) electrons. The summed E-state index contributed by atoms with van der Waals surface area (Å²) in [6.07, 6.45) is -4.50. The smallest absolute Gasteiger partial charge is 0.340 e. The van der Waals surface area contributed by atoms with Crippen molar-refractivity contribution in [2.45, 2.75) is 33.0 Å². The fourth-order valence-corrected chi connectivity index (χ4v) is 2.57. The van der Waals surface area contributed by atoms with Crippen molar-refractivity contribution >= 4 is 17.5 Å². The summed E-state index contributed by atoms with van der Waals surface area (Å²) < 4.78 is 38.5. The van der Waals surface area contributed by atoms with Crippen LogP contribution < -0.4 is 10.6 Å². The molecule has 0 heterocycles. The van der Waals surface area contributed by atoms with E-state index in [4.69, 9.17) is 0 Å². The molecule has 0 unspecified atom stereocenters. The van der Waals surface area contributed by atoms with E-state index in [2.05, 4.69) is 10.6 Å². The van der Waals surface area contributed by atoms with Crippen molar-refractivity contribution < 1.29 is 22.8 Å². The molecule has 0 spiro atoms. The summed E-state index contributed by atoms with van der Waals surface area (Å²) in [5.74, 6) is -1.25. The number of rotatable bonds is 5. The van der Waals surface area contributed by atoms with Crippen LogP contribution in [0.25, 0.3) is 0 Å². The molecule has 0 aliphatic rings. The van der Waals surface area contributed by atoms with Crippen LogP contribution in [0.1, 0.15) is 35.3 Å². The number of benzene rings is 2. The zero-order chi connectivity index (χ0) is 20.2. The van der Waals surface area contributed by atoms with E-state index >= 15 is 0 Å². The van der Waals surface area contributed by atoms with Crippen LogP contribution in [-0.4, -0.2) is 17.9 Å². The first-order valence-electron chi connectivity index (χ1n) is 8.44. The van der Waals surface area contributed by atoms with Gasteiger partial charge in [-0.3, -0.25) is 9.59 Å². The molecule has 2 amide bonds. The highest BCUT2D eigenvalue weighted by molar-refractivity contribution is 6.01. The maximum absolute atomic E-state index is 12.8. The molecule has 1 atom stereocenters. The van der Waals surface area contributed by atoms with E-state index in [-0.39, 0.29) is 11.6 Å². The Bertz CT molecular complexity index is 832. The summed E-state index contributed by atoms with van der Waals surface area (Å²) in [4.78, 5) is 25.0. The van der Waals surface area contributed by atoms with Gasteiger partial charge in [-0.2, -0.15) is 13.2 Å². The number of aryl methyl sites for hydroxylation is 1. The topological polar surface area (TPSA) is 58.2 Å². The Kier molecular flexibility index (Phi) is 6.25. The Morgan fingerprint density at radius 2 is 1.67 bits per heavy atom. The minimum Gasteiger partial charge on any atom is -0.340 e. The monoisotopic (exact) mass is 378 g/mol. The average molecular weight is 378 g/mol. The van der Waals surface area contributed by atoms with Crippen molar-refractivity contribution in [3.05, 3.63) is 65.2 Å². The van der Waals surface area contributed by atoms with Crippen molar-refractivity contribution in [3.63, 3.8) is 0 Å². The first kappa shape index (κ1) is 20.5. The average Bonchev–Trinajstić information content (AvgIpc) is 2.59. The molecule has 2 aromatic carbocycles. The van der Waals surface area contributed by atoms with Gasteiger partial charge in [-0.05, 0) is 42.7 Å². The Morgan fingerprint density at radius 1 is 1.00 bits per heavy atom. The van der Waals surface area contributed by atoms with Gasteiger partial charge >= 0.3 is 6.18 Å². The number of alkyl halides is 3. The third-order valence-electron chi connectivity index (χ3n) is 4.08. The second-order valence-corrected chi connectivity index (χ2v) is 6.58. The van der Waals surface area contributed by atoms with Gasteiger partial charge < -0.3 is 10.6 Å². The molecule has 4 nitrogen and oxygen atoms in total. The normalized spacial score (nSPS) is 12.6. The lowest BCUT2D eigenvalue weighted by atomic mass is 10.0. The fourth-order valence-electron chi connectivity index (χ4n) is 2.57. The fraction of sp³-hybridized carbons (Fsp3) is 0.300. The SMILES string of the molecule is Cc1ccccc1C(=O)N[C@H](C(=O)Nc1cccc(C(F)(F)F)c1)C(C)C. The predicted molar refractivity (Wildman–Crippen MR) is 97.3 cm³/mol. The summed E-state index contributed by atoms with van der Waals surface area (Å²) in [5, 5.41) is 5.12. The van der Waals surface area contributed by atoms with E-state index in [0.717, 1.165) is 17.7 Å². The molecule has 0 aliphatic heterocycles. The van der Waals surface area contributed by atoms with E-state index in [0.29, 0.717) is 5.56 Å². The summed E-state index contributed by atoms with van der Waals surface area (Å²) in [6.45, 7) is 5.27. The highest BCUT2D eigenvalue weighted by Gasteiger charge is 2.31. The van der Waals surface area contributed by atoms with E-state index in [1.807, 2.05) is 0 Å². The highest BCUT2D eigenvalue weighted by atomic mass is 19.4. The molecular weight excluding hydrogens is 357 g/mol. The van der Waals surface area contributed by atoms with Gasteiger partial charge in [0.05, 0.1) is 5.56 Å². The maximum atomic E-state index is 12.8. The number of halogens is 3. The number of carbonyl (C=O) groups excluding carboxylic acids is 2. The number of amides is 2. The van der Waals surface area contributed by atoms with Crippen LogP contribution in [0.2, 0.25) is 0 Å². The quantitative estimate of drug-likeness (QED) is 0.810. The van der Waals surface area contributed by atoms with Crippen LogP contribution in [0, 0.1) is 12.8 Å². The summed E-state index contributed by atoms with van der Waals surface area (Å²) in [5.41, 5.74) is 0.363. The number of carbonyl (C=O) groups is 2. The third kappa shape index (κ3) is 5.32. The van der Waals surface area contributed by atoms with Gasteiger partial charge in [-0.25, -0.2) is 0 Å². The van der Waals surface area contributed by atoms with Crippen LogP contribution in [0.4, 0.5) is 18.9 Å². The van der Waals surface area contributed by atoms with Gasteiger partial charge in [0.1, 0.15) is 6.04 Å². The second-order valence-electron chi connectivity index (χ2n) is 6.58. The van der Waals surface area contributed by atoms with Crippen molar-refractivity contribution in [2.24, 2.45) is 5.92 Å². The van der Waals surface area contributed by atoms with Gasteiger partial charge in [0.15, 0.2) is 0 Å². The first-order valence-corrected chi connectivity index (χ1v) is 8.44. The van der Waals surface area contributed by atoms with Gasteiger partial charge in [-0.15, -0.1) is 0 Å². The highest BCUT2D eigenvalue weighted by Crippen LogP contribution is 2.30. The van der Waals surface area contributed by atoms with E-state index in [9.17, 15) is 22.8 Å². The van der Waals surface area contributed by atoms with E-state index < -0.39 is 29.6 Å². The zero-order valence-corrected chi connectivity index (χ0v) is 15.2. The second kappa shape index (κ2) is 8.24. The summed E-state index contributed by atoms with van der Waals surface area (Å²) in [6, 6.07) is 10.4. The van der Waals surface area contributed by atoms with Crippen molar-refractivity contribution in [2.75, 3.05) is 5.32 Å². The number of hydrogen-bond acceptors (Lipinski definition) is 2. The summed E-state index contributed by atoms with van der Waals surface area (Å²) in [7, 11) is 0. The largest absolute Gasteiger partial charge is 0.416 e. The molecule has 0 fully saturated rings. The van der Waals surface area contributed by atoms with Gasteiger partial charge in [-0.1, -0.05) is 38.1 Å². The minimum atomic E-state index is -4.50. The van der Waals surface area contributed by atoms with E-state index in [1.165, 1.54) is 12.1 Å². The lowest BCUT2D eigenvalue weighted by molar-refractivity contribution is -0.137. The van der Waals surface area contributed by atoms with Crippen LogP contribution >= 0.6 is 0 Å². The lowest BCUT2D eigenvalue weighted by Crippen LogP contribution is -2.47. The molecular formula is C20H21F3N2O2. The number of anilines is 1. The molecule has 144 valence electrons. The molecule has 2 aromatic rings. The molecule has 0 saturated heterocycles. The Morgan fingerprint density at radius 3 is 2.26 bits per heavy atom. The van der Waals surface area contributed by atoms with Gasteiger partial charge in [0.2, 0.25) is 5.91 Å². The molecule has 2 N–H and O–H groups in total. The lowest BCUT2D eigenvalue weighted by Gasteiger charge is -2.22.